The number of aromatic carboxylic acids is 1. The highest BCUT2D eigenvalue weighted by molar-refractivity contribution is 7.92. The molecular formula is C23H23NO6S. The van der Waals surface area contributed by atoms with Gasteiger partial charge in [0.2, 0.25) is 0 Å². The lowest BCUT2D eigenvalue weighted by Gasteiger charge is -2.12. The van der Waals surface area contributed by atoms with Gasteiger partial charge in [0.1, 0.15) is 0 Å². The normalized spacial score (nSPS) is 11.0. The Kier molecular flexibility index (Phi) is 6.81. The lowest BCUT2D eigenvalue weighted by Crippen LogP contribution is -2.13. The number of hydrogen-bond donors (Lipinski definition) is 2. The first kappa shape index (κ1) is 22.2. The van der Waals surface area contributed by atoms with Gasteiger partial charge in [-0.3, -0.25) is 4.72 Å². The highest BCUT2D eigenvalue weighted by atomic mass is 32.2. The summed E-state index contributed by atoms with van der Waals surface area (Å²) in [5.74, 6) is -0.187. The van der Waals surface area contributed by atoms with E-state index in [0.29, 0.717) is 35.6 Å². The van der Waals surface area contributed by atoms with E-state index in [1.807, 2.05) is 18.2 Å². The summed E-state index contributed by atoms with van der Waals surface area (Å²) in [6.07, 6.45) is 1.20. The summed E-state index contributed by atoms with van der Waals surface area (Å²) in [5, 5.41) is 9.28. The number of anilines is 1. The third-order valence-corrected chi connectivity index (χ3v) is 6.18. The molecule has 0 spiro atoms. The first-order valence-electron chi connectivity index (χ1n) is 9.49. The molecule has 0 aliphatic rings. The van der Waals surface area contributed by atoms with E-state index in [9.17, 15) is 18.3 Å². The Labute approximate surface area is 181 Å². The molecule has 0 saturated heterocycles. The van der Waals surface area contributed by atoms with E-state index in [2.05, 4.69) is 4.72 Å². The monoisotopic (exact) mass is 441 g/mol. The first-order valence-corrected chi connectivity index (χ1v) is 11.0. The molecule has 3 aromatic carbocycles. The molecule has 8 heteroatoms. The van der Waals surface area contributed by atoms with E-state index >= 15 is 0 Å². The fourth-order valence-electron chi connectivity index (χ4n) is 3.16. The molecule has 0 aliphatic carbocycles. The number of methoxy groups -OCH3 is 2. The molecule has 7 nitrogen and oxygen atoms in total. The smallest absolute Gasteiger partial charge is 0.335 e. The molecule has 0 heterocycles. The van der Waals surface area contributed by atoms with Crippen molar-refractivity contribution in [1.82, 2.24) is 0 Å². The largest absolute Gasteiger partial charge is 0.493 e. The van der Waals surface area contributed by atoms with Crippen molar-refractivity contribution in [3.63, 3.8) is 0 Å². The van der Waals surface area contributed by atoms with Gasteiger partial charge in [0, 0.05) is 11.8 Å². The maximum absolute atomic E-state index is 12.7. The third-order valence-electron chi connectivity index (χ3n) is 4.80. The van der Waals surface area contributed by atoms with Gasteiger partial charge in [-0.15, -0.1) is 0 Å². The van der Waals surface area contributed by atoms with Crippen molar-refractivity contribution >= 4 is 21.7 Å². The van der Waals surface area contributed by atoms with Crippen molar-refractivity contribution in [1.29, 1.82) is 0 Å². The molecule has 0 bridgehead atoms. The van der Waals surface area contributed by atoms with Crippen molar-refractivity contribution in [2.75, 3.05) is 18.9 Å². The molecule has 2 N–H and O–H groups in total. The number of nitrogens with one attached hydrogen (secondary N) is 1. The van der Waals surface area contributed by atoms with Crippen LogP contribution in [0.15, 0.2) is 71.6 Å². The summed E-state index contributed by atoms with van der Waals surface area (Å²) in [5.41, 5.74) is 2.44. The van der Waals surface area contributed by atoms with Crippen LogP contribution in [-0.2, 0) is 22.9 Å². The minimum Gasteiger partial charge on any atom is -0.493 e. The molecule has 162 valence electrons. The number of aryl methyl sites for hydroxylation is 2. The van der Waals surface area contributed by atoms with E-state index in [4.69, 9.17) is 9.47 Å². The number of carbonyl (C=O) groups is 1. The SMILES string of the molecule is COc1ccc(S(=O)(=O)Nc2ccc(CCc3ccccc3C(=O)O)cc2)cc1OC. The second-order valence-corrected chi connectivity index (χ2v) is 8.46. The number of hydrogen-bond acceptors (Lipinski definition) is 5. The number of sulfonamides is 1. The second-order valence-electron chi connectivity index (χ2n) is 6.78. The van der Waals surface area contributed by atoms with Crippen LogP contribution in [0.2, 0.25) is 0 Å². The Bertz CT molecular complexity index is 1170. The topological polar surface area (TPSA) is 102 Å². The van der Waals surface area contributed by atoms with E-state index < -0.39 is 16.0 Å². The number of ether oxygens (including phenoxy) is 2. The molecule has 31 heavy (non-hydrogen) atoms. The minimum absolute atomic E-state index is 0.0551. The average Bonchev–Trinajstić information content (AvgIpc) is 2.78. The lowest BCUT2D eigenvalue weighted by molar-refractivity contribution is 0.0695. The van der Waals surface area contributed by atoms with Gasteiger partial charge in [-0.05, 0) is 54.3 Å². The lowest BCUT2D eigenvalue weighted by atomic mass is 10.00. The van der Waals surface area contributed by atoms with Crippen molar-refractivity contribution < 1.29 is 27.8 Å². The Balaban J connectivity index is 1.70. The summed E-state index contributed by atoms with van der Waals surface area (Å²) >= 11 is 0. The number of carboxylic acid groups (broad SMARTS) is 1. The van der Waals surface area contributed by atoms with Gasteiger partial charge in [0.15, 0.2) is 11.5 Å². The van der Waals surface area contributed by atoms with Crippen molar-refractivity contribution in [3.8, 4) is 11.5 Å². The van der Waals surface area contributed by atoms with Crippen LogP contribution < -0.4 is 14.2 Å². The molecular weight excluding hydrogens is 418 g/mol. The third kappa shape index (κ3) is 5.35. The minimum atomic E-state index is -3.80. The standard InChI is InChI=1S/C23H23NO6S/c1-29-21-14-13-19(15-22(21)30-2)31(27,28)24-18-11-8-16(9-12-18)7-10-17-5-3-4-6-20(17)23(25)26/h3-6,8-9,11-15,24H,7,10H2,1-2H3,(H,25,26). The van der Waals surface area contributed by atoms with E-state index in [0.717, 1.165) is 11.1 Å². The summed E-state index contributed by atoms with van der Waals surface area (Å²) in [6.45, 7) is 0. The number of carboxylic acids is 1. The van der Waals surface area contributed by atoms with Crippen molar-refractivity contribution in [2.24, 2.45) is 0 Å². The highest BCUT2D eigenvalue weighted by Crippen LogP contribution is 2.30. The highest BCUT2D eigenvalue weighted by Gasteiger charge is 2.17. The van der Waals surface area contributed by atoms with Crippen molar-refractivity contribution in [2.45, 2.75) is 17.7 Å². The Morgan fingerprint density at radius 2 is 1.58 bits per heavy atom. The molecule has 3 rings (SSSR count). The van der Waals surface area contributed by atoms with Crippen LogP contribution in [0.4, 0.5) is 5.69 Å². The van der Waals surface area contributed by atoms with E-state index in [1.165, 1.54) is 32.4 Å². The fourth-order valence-corrected chi connectivity index (χ4v) is 4.24. The van der Waals surface area contributed by atoms with Gasteiger partial charge in [0.25, 0.3) is 10.0 Å². The summed E-state index contributed by atoms with van der Waals surface area (Å²) in [7, 11) is -0.887. The van der Waals surface area contributed by atoms with Crippen molar-refractivity contribution in [3.05, 3.63) is 83.4 Å². The number of benzene rings is 3. The molecule has 0 aliphatic heterocycles. The van der Waals surface area contributed by atoms with E-state index in [-0.39, 0.29) is 4.90 Å². The molecule has 0 unspecified atom stereocenters. The van der Waals surface area contributed by atoms with E-state index in [1.54, 1.807) is 30.3 Å². The Morgan fingerprint density at radius 1 is 0.903 bits per heavy atom. The number of rotatable bonds is 9. The zero-order chi connectivity index (χ0) is 22.4. The summed E-state index contributed by atoms with van der Waals surface area (Å²) < 4.78 is 38.3. The average molecular weight is 442 g/mol. The molecule has 0 fully saturated rings. The summed E-state index contributed by atoms with van der Waals surface area (Å²) in [4.78, 5) is 11.4. The van der Waals surface area contributed by atoms with Gasteiger partial charge in [-0.2, -0.15) is 0 Å². The van der Waals surface area contributed by atoms with Crippen LogP contribution in [0, 0.1) is 0 Å². The van der Waals surface area contributed by atoms with Gasteiger partial charge < -0.3 is 14.6 Å². The predicted octanol–water partition coefficient (Wildman–Crippen LogP) is 3.99. The first-order chi connectivity index (χ1) is 14.8. The van der Waals surface area contributed by atoms with Crippen LogP contribution in [0.5, 0.6) is 11.5 Å². The van der Waals surface area contributed by atoms with Crippen LogP contribution in [0.1, 0.15) is 21.5 Å². The van der Waals surface area contributed by atoms with Crippen LogP contribution in [-0.4, -0.2) is 33.7 Å². The molecule has 0 atom stereocenters. The zero-order valence-corrected chi connectivity index (χ0v) is 18.0. The molecule has 3 aromatic rings. The van der Waals surface area contributed by atoms with Gasteiger partial charge in [-0.1, -0.05) is 30.3 Å². The molecule has 0 saturated carbocycles. The molecule has 0 amide bonds. The van der Waals surface area contributed by atoms with Gasteiger partial charge in [0.05, 0.1) is 24.7 Å². The Morgan fingerprint density at radius 3 is 2.23 bits per heavy atom. The van der Waals surface area contributed by atoms with Crippen LogP contribution >= 0.6 is 0 Å². The zero-order valence-electron chi connectivity index (χ0n) is 17.2. The van der Waals surface area contributed by atoms with Crippen LogP contribution in [0.3, 0.4) is 0 Å². The van der Waals surface area contributed by atoms with Gasteiger partial charge in [-0.25, -0.2) is 13.2 Å². The molecule has 0 aromatic heterocycles. The maximum Gasteiger partial charge on any atom is 0.335 e. The second kappa shape index (κ2) is 9.53. The maximum atomic E-state index is 12.7. The molecule has 0 radical (unpaired) electrons. The fraction of sp³-hybridized carbons (Fsp3) is 0.174. The quantitative estimate of drug-likeness (QED) is 0.521. The predicted molar refractivity (Wildman–Crippen MR) is 118 cm³/mol. The van der Waals surface area contributed by atoms with Crippen LogP contribution in [0.25, 0.3) is 0 Å². The van der Waals surface area contributed by atoms with Gasteiger partial charge >= 0.3 is 5.97 Å². The Hall–Kier alpha value is -3.52. The summed E-state index contributed by atoms with van der Waals surface area (Å²) in [6, 6.07) is 18.3.